The standard InChI is InChI=1S/C10H9BrN2S/c1-6-2-3-7(8(11)4-6)10-13-5-9(12)14-10/h2-5H,12H2,1H3. The monoisotopic (exact) mass is 268 g/mol. The van der Waals surface area contributed by atoms with Gasteiger partial charge in [-0.05, 0) is 18.6 Å². The number of nitrogen functional groups attached to an aromatic ring is 1. The second-order valence-electron chi connectivity index (χ2n) is 3.05. The van der Waals surface area contributed by atoms with Crippen molar-refractivity contribution < 1.29 is 0 Å². The molecule has 0 saturated carbocycles. The molecule has 1 aromatic heterocycles. The van der Waals surface area contributed by atoms with Crippen LogP contribution in [-0.2, 0) is 0 Å². The molecule has 0 radical (unpaired) electrons. The lowest BCUT2D eigenvalue weighted by Gasteiger charge is -2.01. The first-order valence-electron chi connectivity index (χ1n) is 4.14. The highest BCUT2D eigenvalue weighted by atomic mass is 79.9. The lowest BCUT2D eigenvalue weighted by Crippen LogP contribution is -1.79. The fraction of sp³-hybridized carbons (Fsp3) is 0.100. The highest BCUT2D eigenvalue weighted by Crippen LogP contribution is 2.32. The molecule has 14 heavy (non-hydrogen) atoms. The van der Waals surface area contributed by atoms with Crippen molar-refractivity contribution in [2.75, 3.05) is 5.73 Å². The van der Waals surface area contributed by atoms with Gasteiger partial charge in [0.15, 0.2) is 0 Å². The van der Waals surface area contributed by atoms with Crippen LogP contribution in [0.15, 0.2) is 28.9 Å². The summed E-state index contributed by atoms with van der Waals surface area (Å²) in [6.07, 6.45) is 1.69. The number of anilines is 1. The van der Waals surface area contributed by atoms with Crippen LogP contribution in [0.5, 0.6) is 0 Å². The molecule has 1 heterocycles. The smallest absolute Gasteiger partial charge is 0.126 e. The van der Waals surface area contributed by atoms with Crippen LogP contribution in [0.3, 0.4) is 0 Å². The summed E-state index contributed by atoms with van der Waals surface area (Å²) in [7, 11) is 0. The molecule has 0 aliphatic rings. The Morgan fingerprint density at radius 1 is 1.43 bits per heavy atom. The SMILES string of the molecule is Cc1ccc(-c2ncc(N)s2)c(Br)c1. The zero-order valence-electron chi connectivity index (χ0n) is 7.62. The van der Waals surface area contributed by atoms with Crippen molar-refractivity contribution in [3.05, 3.63) is 34.4 Å². The largest absolute Gasteiger partial charge is 0.389 e. The summed E-state index contributed by atoms with van der Waals surface area (Å²) in [6, 6.07) is 6.20. The van der Waals surface area contributed by atoms with Gasteiger partial charge in [-0.25, -0.2) is 4.98 Å². The van der Waals surface area contributed by atoms with E-state index in [1.165, 1.54) is 16.9 Å². The van der Waals surface area contributed by atoms with Crippen LogP contribution >= 0.6 is 27.3 Å². The van der Waals surface area contributed by atoms with Crippen molar-refractivity contribution in [2.24, 2.45) is 0 Å². The van der Waals surface area contributed by atoms with Crippen LogP contribution in [-0.4, -0.2) is 4.98 Å². The Hall–Kier alpha value is -0.870. The fourth-order valence-electron chi connectivity index (χ4n) is 1.20. The Labute approximate surface area is 94.9 Å². The Morgan fingerprint density at radius 3 is 2.79 bits per heavy atom. The summed E-state index contributed by atoms with van der Waals surface area (Å²) >= 11 is 5.02. The van der Waals surface area contributed by atoms with Gasteiger partial charge in [0, 0.05) is 10.0 Å². The van der Waals surface area contributed by atoms with Gasteiger partial charge in [0.2, 0.25) is 0 Å². The zero-order chi connectivity index (χ0) is 10.1. The number of halogens is 1. The Kier molecular flexibility index (Phi) is 2.56. The summed E-state index contributed by atoms with van der Waals surface area (Å²) in [4.78, 5) is 4.24. The lowest BCUT2D eigenvalue weighted by atomic mass is 10.2. The molecule has 72 valence electrons. The first-order valence-corrected chi connectivity index (χ1v) is 5.75. The van der Waals surface area contributed by atoms with Crippen LogP contribution in [0.2, 0.25) is 0 Å². The third-order valence-electron chi connectivity index (χ3n) is 1.88. The van der Waals surface area contributed by atoms with Gasteiger partial charge in [-0.3, -0.25) is 0 Å². The molecule has 4 heteroatoms. The van der Waals surface area contributed by atoms with Crippen LogP contribution in [0.4, 0.5) is 5.00 Å². The molecule has 0 spiro atoms. The Balaban J connectivity index is 2.52. The van der Waals surface area contributed by atoms with Crippen molar-refractivity contribution in [3.8, 4) is 10.6 Å². The maximum Gasteiger partial charge on any atom is 0.126 e. The van der Waals surface area contributed by atoms with E-state index in [2.05, 4.69) is 46.0 Å². The van der Waals surface area contributed by atoms with Crippen molar-refractivity contribution >= 4 is 32.3 Å². The van der Waals surface area contributed by atoms with E-state index in [-0.39, 0.29) is 0 Å². The number of benzene rings is 1. The summed E-state index contributed by atoms with van der Waals surface area (Å²) in [5, 5.41) is 1.70. The average molecular weight is 269 g/mol. The minimum Gasteiger partial charge on any atom is -0.389 e. The predicted octanol–water partition coefficient (Wildman–Crippen LogP) is 3.46. The molecule has 0 aliphatic heterocycles. The Morgan fingerprint density at radius 2 is 2.21 bits per heavy atom. The second-order valence-corrected chi connectivity index (χ2v) is 4.97. The van der Waals surface area contributed by atoms with Crippen LogP contribution in [0.1, 0.15) is 5.56 Å². The lowest BCUT2D eigenvalue weighted by molar-refractivity contribution is 1.39. The van der Waals surface area contributed by atoms with Gasteiger partial charge >= 0.3 is 0 Å². The number of aromatic nitrogens is 1. The van der Waals surface area contributed by atoms with Crippen LogP contribution < -0.4 is 5.73 Å². The van der Waals surface area contributed by atoms with E-state index in [1.807, 2.05) is 0 Å². The van der Waals surface area contributed by atoms with Gasteiger partial charge in [-0.2, -0.15) is 0 Å². The molecule has 0 amide bonds. The minimum atomic E-state index is 0.743. The predicted molar refractivity (Wildman–Crippen MR) is 64.4 cm³/mol. The fourth-order valence-corrected chi connectivity index (χ4v) is 2.74. The van der Waals surface area contributed by atoms with E-state index in [0.717, 1.165) is 20.0 Å². The van der Waals surface area contributed by atoms with Gasteiger partial charge in [-0.1, -0.05) is 39.4 Å². The molecule has 0 unspecified atom stereocenters. The molecular weight excluding hydrogens is 260 g/mol. The summed E-state index contributed by atoms with van der Waals surface area (Å²) in [5.74, 6) is 0. The zero-order valence-corrected chi connectivity index (χ0v) is 10.0. The quantitative estimate of drug-likeness (QED) is 0.861. The minimum absolute atomic E-state index is 0.743. The number of hydrogen-bond donors (Lipinski definition) is 1. The van der Waals surface area contributed by atoms with E-state index in [9.17, 15) is 0 Å². The van der Waals surface area contributed by atoms with E-state index in [0.29, 0.717) is 0 Å². The number of thiazole rings is 1. The summed E-state index contributed by atoms with van der Waals surface area (Å²) < 4.78 is 1.06. The normalized spacial score (nSPS) is 10.4. The average Bonchev–Trinajstić information content (AvgIpc) is 2.51. The van der Waals surface area contributed by atoms with Gasteiger partial charge in [-0.15, -0.1) is 0 Å². The first kappa shape index (κ1) is 9.68. The number of hydrogen-bond acceptors (Lipinski definition) is 3. The van der Waals surface area contributed by atoms with Crippen molar-refractivity contribution in [1.29, 1.82) is 0 Å². The summed E-state index contributed by atoms with van der Waals surface area (Å²) in [6.45, 7) is 2.06. The van der Waals surface area contributed by atoms with Crippen molar-refractivity contribution in [1.82, 2.24) is 4.98 Å². The number of nitrogens with two attached hydrogens (primary N) is 1. The maximum atomic E-state index is 5.64. The molecule has 2 N–H and O–H groups in total. The molecule has 0 atom stereocenters. The highest BCUT2D eigenvalue weighted by Gasteiger charge is 2.06. The van der Waals surface area contributed by atoms with Crippen LogP contribution in [0.25, 0.3) is 10.6 Å². The van der Waals surface area contributed by atoms with Crippen molar-refractivity contribution in [2.45, 2.75) is 6.92 Å². The molecule has 2 nitrogen and oxygen atoms in total. The number of aryl methyl sites for hydroxylation is 1. The van der Waals surface area contributed by atoms with Gasteiger partial charge in [0.05, 0.1) is 6.20 Å². The Bertz CT molecular complexity index is 465. The van der Waals surface area contributed by atoms with E-state index >= 15 is 0 Å². The number of rotatable bonds is 1. The molecule has 0 fully saturated rings. The second kappa shape index (κ2) is 3.71. The van der Waals surface area contributed by atoms with Gasteiger partial charge < -0.3 is 5.73 Å². The highest BCUT2D eigenvalue weighted by molar-refractivity contribution is 9.10. The molecule has 2 aromatic rings. The number of nitrogens with zero attached hydrogens (tertiary/aromatic N) is 1. The first-order chi connectivity index (χ1) is 6.66. The van der Waals surface area contributed by atoms with E-state index < -0.39 is 0 Å². The molecule has 0 saturated heterocycles. The van der Waals surface area contributed by atoms with Gasteiger partial charge in [0.1, 0.15) is 10.0 Å². The van der Waals surface area contributed by atoms with E-state index in [1.54, 1.807) is 6.20 Å². The van der Waals surface area contributed by atoms with Crippen molar-refractivity contribution in [3.63, 3.8) is 0 Å². The molecule has 0 bridgehead atoms. The van der Waals surface area contributed by atoms with Gasteiger partial charge in [0.25, 0.3) is 0 Å². The molecular formula is C10H9BrN2S. The maximum absolute atomic E-state index is 5.64. The third-order valence-corrected chi connectivity index (χ3v) is 3.39. The molecule has 0 aliphatic carbocycles. The summed E-state index contributed by atoms with van der Waals surface area (Å²) in [5.41, 5.74) is 7.96. The van der Waals surface area contributed by atoms with E-state index in [4.69, 9.17) is 5.73 Å². The van der Waals surface area contributed by atoms with Crippen LogP contribution in [0, 0.1) is 6.92 Å². The third kappa shape index (κ3) is 1.81. The topological polar surface area (TPSA) is 38.9 Å². The molecule has 1 aromatic carbocycles. The molecule has 2 rings (SSSR count).